The fourth-order valence-electron chi connectivity index (χ4n) is 1.19. The van der Waals surface area contributed by atoms with Gasteiger partial charge in [-0.05, 0) is 6.07 Å². The summed E-state index contributed by atoms with van der Waals surface area (Å²) < 4.78 is 1.68. The molecule has 2 aromatic heterocycles. The molecule has 5 heteroatoms. The van der Waals surface area contributed by atoms with E-state index in [4.69, 9.17) is 0 Å². The molecule has 0 fully saturated rings. The predicted molar refractivity (Wildman–Crippen MR) is 49.6 cm³/mol. The van der Waals surface area contributed by atoms with Gasteiger partial charge >= 0.3 is 0 Å². The molecule has 0 spiro atoms. The van der Waals surface area contributed by atoms with Crippen LogP contribution < -0.4 is 0 Å². The minimum absolute atomic E-state index is 0.323. The minimum atomic E-state index is 0.323. The zero-order chi connectivity index (χ0) is 9.97. The molecule has 2 rings (SSSR count). The maximum Gasteiger partial charge on any atom is 0.170 e. The molecular weight excluding hydrogens is 180 g/mol. The smallest absolute Gasteiger partial charge is 0.170 e. The summed E-state index contributed by atoms with van der Waals surface area (Å²) in [6, 6.07) is 1.82. The third-order valence-electron chi connectivity index (χ3n) is 1.86. The molecular formula is C9H8N4O. The van der Waals surface area contributed by atoms with Crippen molar-refractivity contribution in [3.05, 3.63) is 30.4 Å². The van der Waals surface area contributed by atoms with Crippen molar-refractivity contribution >= 4 is 6.29 Å². The lowest BCUT2D eigenvalue weighted by Gasteiger charge is -2.00. The Kier molecular flexibility index (Phi) is 2.06. The first-order valence-electron chi connectivity index (χ1n) is 4.07. The SMILES string of the molecule is Cn1nccc1-c1cncc(C=O)n1. The van der Waals surface area contributed by atoms with Gasteiger partial charge in [0.05, 0.1) is 18.1 Å². The summed E-state index contributed by atoms with van der Waals surface area (Å²) in [6.07, 6.45) is 5.37. The van der Waals surface area contributed by atoms with Gasteiger partial charge in [-0.25, -0.2) is 4.98 Å². The van der Waals surface area contributed by atoms with Crippen LogP contribution >= 0.6 is 0 Å². The van der Waals surface area contributed by atoms with Gasteiger partial charge in [0.25, 0.3) is 0 Å². The standard InChI is InChI=1S/C9H8N4O/c1-13-9(2-3-11-13)8-5-10-4-7(6-14)12-8/h2-6H,1H3. The van der Waals surface area contributed by atoms with E-state index in [0.29, 0.717) is 17.7 Å². The number of carbonyl (C=O) groups is 1. The number of hydrogen-bond donors (Lipinski definition) is 0. The first-order chi connectivity index (χ1) is 6.81. The molecule has 0 atom stereocenters. The van der Waals surface area contributed by atoms with Crippen molar-refractivity contribution in [1.29, 1.82) is 0 Å². The van der Waals surface area contributed by atoms with Gasteiger partial charge in [0.15, 0.2) is 6.29 Å². The molecule has 0 aromatic carbocycles. The van der Waals surface area contributed by atoms with Gasteiger partial charge in [-0.2, -0.15) is 5.10 Å². The van der Waals surface area contributed by atoms with Crippen molar-refractivity contribution in [2.24, 2.45) is 7.05 Å². The van der Waals surface area contributed by atoms with Crippen molar-refractivity contribution in [1.82, 2.24) is 19.7 Å². The monoisotopic (exact) mass is 188 g/mol. The van der Waals surface area contributed by atoms with Crippen molar-refractivity contribution in [3.8, 4) is 11.4 Å². The number of aromatic nitrogens is 4. The number of carbonyl (C=O) groups excluding carboxylic acids is 1. The van der Waals surface area contributed by atoms with E-state index >= 15 is 0 Å². The van der Waals surface area contributed by atoms with E-state index in [2.05, 4.69) is 15.1 Å². The second kappa shape index (κ2) is 3.37. The highest BCUT2D eigenvalue weighted by molar-refractivity contribution is 5.72. The molecule has 14 heavy (non-hydrogen) atoms. The van der Waals surface area contributed by atoms with E-state index in [0.717, 1.165) is 5.69 Å². The van der Waals surface area contributed by atoms with Crippen molar-refractivity contribution in [2.75, 3.05) is 0 Å². The van der Waals surface area contributed by atoms with Crippen LogP contribution in [0.15, 0.2) is 24.7 Å². The highest BCUT2D eigenvalue weighted by Gasteiger charge is 2.04. The second-order valence-electron chi connectivity index (χ2n) is 2.79. The van der Waals surface area contributed by atoms with E-state index in [9.17, 15) is 4.79 Å². The first kappa shape index (κ1) is 8.55. The first-order valence-corrected chi connectivity index (χ1v) is 4.07. The Balaban J connectivity index is 2.52. The maximum atomic E-state index is 10.5. The molecule has 0 aliphatic carbocycles. The molecule has 0 aliphatic rings. The average Bonchev–Trinajstić information content (AvgIpc) is 2.65. The second-order valence-corrected chi connectivity index (χ2v) is 2.79. The van der Waals surface area contributed by atoms with Crippen molar-refractivity contribution in [2.45, 2.75) is 0 Å². The molecule has 0 saturated heterocycles. The summed E-state index contributed by atoms with van der Waals surface area (Å²) >= 11 is 0. The van der Waals surface area contributed by atoms with Gasteiger partial charge in [0.2, 0.25) is 0 Å². The molecule has 0 N–H and O–H groups in total. The number of aldehydes is 1. The highest BCUT2D eigenvalue weighted by Crippen LogP contribution is 2.13. The number of rotatable bonds is 2. The minimum Gasteiger partial charge on any atom is -0.296 e. The number of nitrogens with zero attached hydrogens (tertiary/aromatic N) is 4. The van der Waals surface area contributed by atoms with Crippen LogP contribution in [0, 0.1) is 0 Å². The Morgan fingerprint density at radius 1 is 1.43 bits per heavy atom. The summed E-state index contributed by atoms with van der Waals surface area (Å²) in [5.74, 6) is 0. The van der Waals surface area contributed by atoms with E-state index in [-0.39, 0.29) is 0 Å². The van der Waals surface area contributed by atoms with Crippen molar-refractivity contribution in [3.63, 3.8) is 0 Å². The molecule has 0 amide bonds. The molecule has 0 radical (unpaired) electrons. The Hall–Kier alpha value is -2.04. The highest BCUT2D eigenvalue weighted by atomic mass is 16.1. The molecule has 0 unspecified atom stereocenters. The molecule has 70 valence electrons. The van der Waals surface area contributed by atoms with Crippen LogP contribution in [0.1, 0.15) is 10.5 Å². The number of aryl methyl sites for hydroxylation is 1. The molecule has 2 aromatic rings. The topological polar surface area (TPSA) is 60.7 Å². The predicted octanol–water partition coefficient (Wildman–Crippen LogP) is 0.690. The van der Waals surface area contributed by atoms with Gasteiger partial charge in [-0.15, -0.1) is 0 Å². The molecule has 5 nitrogen and oxygen atoms in total. The Morgan fingerprint density at radius 2 is 2.29 bits per heavy atom. The fraction of sp³-hybridized carbons (Fsp3) is 0.111. The van der Waals surface area contributed by atoms with Crippen LogP contribution in [0.3, 0.4) is 0 Å². The average molecular weight is 188 g/mol. The van der Waals surface area contributed by atoms with Crippen LogP contribution in [0.25, 0.3) is 11.4 Å². The Bertz CT molecular complexity index is 463. The van der Waals surface area contributed by atoms with Gasteiger partial charge in [-0.1, -0.05) is 0 Å². The van der Waals surface area contributed by atoms with Crippen LogP contribution in [-0.4, -0.2) is 26.0 Å². The molecule has 0 saturated carbocycles. The van der Waals surface area contributed by atoms with Crippen LogP contribution in [-0.2, 0) is 7.05 Å². The molecule has 2 heterocycles. The van der Waals surface area contributed by atoms with Crippen LogP contribution in [0.4, 0.5) is 0 Å². The number of hydrogen-bond acceptors (Lipinski definition) is 4. The normalized spacial score (nSPS) is 10.1. The lowest BCUT2D eigenvalue weighted by molar-refractivity contribution is 0.111. The third kappa shape index (κ3) is 1.39. The van der Waals surface area contributed by atoms with E-state index in [1.54, 1.807) is 17.1 Å². The Morgan fingerprint density at radius 3 is 2.93 bits per heavy atom. The van der Waals surface area contributed by atoms with Crippen LogP contribution in [0.5, 0.6) is 0 Å². The quantitative estimate of drug-likeness (QED) is 0.650. The van der Waals surface area contributed by atoms with Gasteiger partial charge in [0, 0.05) is 13.2 Å². The summed E-state index contributed by atoms with van der Waals surface area (Å²) in [6.45, 7) is 0. The zero-order valence-electron chi connectivity index (χ0n) is 7.58. The van der Waals surface area contributed by atoms with Gasteiger partial charge < -0.3 is 0 Å². The van der Waals surface area contributed by atoms with Crippen LogP contribution in [0.2, 0.25) is 0 Å². The summed E-state index contributed by atoms with van der Waals surface area (Å²) in [5.41, 5.74) is 1.81. The molecule has 0 aliphatic heterocycles. The van der Waals surface area contributed by atoms with Gasteiger partial charge in [-0.3, -0.25) is 14.5 Å². The van der Waals surface area contributed by atoms with E-state index in [1.165, 1.54) is 6.20 Å². The maximum absolute atomic E-state index is 10.5. The third-order valence-corrected chi connectivity index (χ3v) is 1.86. The summed E-state index contributed by atoms with van der Waals surface area (Å²) in [7, 11) is 1.81. The zero-order valence-corrected chi connectivity index (χ0v) is 7.58. The lowest BCUT2D eigenvalue weighted by atomic mass is 10.3. The van der Waals surface area contributed by atoms with E-state index in [1.807, 2.05) is 13.1 Å². The fourth-order valence-corrected chi connectivity index (χ4v) is 1.19. The molecule has 0 bridgehead atoms. The van der Waals surface area contributed by atoms with E-state index < -0.39 is 0 Å². The summed E-state index contributed by atoms with van der Waals surface area (Å²) in [4.78, 5) is 18.5. The lowest BCUT2D eigenvalue weighted by Crippen LogP contribution is -1.98. The Labute approximate surface area is 80.4 Å². The van der Waals surface area contributed by atoms with Crippen molar-refractivity contribution < 1.29 is 4.79 Å². The largest absolute Gasteiger partial charge is 0.296 e. The van der Waals surface area contributed by atoms with Gasteiger partial charge in [0.1, 0.15) is 11.4 Å². The summed E-state index contributed by atoms with van der Waals surface area (Å²) in [5, 5.41) is 4.01.